The molecule has 0 saturated carbocycles. The van der Waals surface area contributed by atoms with Gasteiger partial charge in [0, 0.05) is 38.0 Å². The summed E-state index contributed by atoms with van der Waals surface area (Å²) in [7, 11) is 0. The van der Waals surface area contributed by atoms with Crippen molar-refractivity contribution in [2.45, 2.75) is 31.3 Å². The number of rotatable bonds is 5. The Balaban J connectivity index is 1.34. The highest BCUT2D eigenvalue weighted by molar-refractivity contribution is 6.02. The van der Waals surface area contributed by atoms with Gasteiger partial charge in [0.05, 0.1) is 18.4 Å². The number of carbonyl (C=O) groups is 3. The zero-order chi connectivity index (χ0) is 20.3. The third-order valence-electron chi connectivity index (χ3n) is 5.43. The molecule has 1 atom stereocenters. The third kappa shape index (κ3) is 4.26. The second-order valence-corrected chi connectivity index (χ2v) is 7.45. The van der Waals surface area contributed by atoms with E-state index < -0.39 is 5.66 Å². The van der Waals surface area contributed by atoms with E-state index in [1.54, 1.807) is 23.3 Å². The fourth-order valence-electron chi connectivity index (χ4n) is 3.84. The second kappa shape index (κ2) is 7.98. The van der Waals surface area contributed by atoms with Crippen molar-refractivity contribution in [2.75, 3.05) is 25.0 Å². The predicted octanol–water partition coefficient (Wildman–Crippen LogP) is 1.50. The van der Waals surface area contributed by atoms with Gasteiger partial charge in [0.15, 0.2) is 0 Å². The lowest BCUT2D eigenvalue weighted by atomic mass is 9.95. The van der Waals surface area contributed by atoms with Crippen molar-refractivity contribution in [1.82, 2.24) is 15.5 Å². The normalized spacial score (nSPS) is 21.2. The maximum atomic E-state index is 12.6. The lowest BCUT2D eigenvalue weighted by Crippen LogP contribution is -2.58. The molecule has 0 bridgehead atoms. The Hall–Kier alpha value is -3.29. The molecule has 8 heteroatoms. The topological polar surface area (TPSA) is 104 Å². The number of amides is 3. The van der Waals surface area contributed by atoms with Crippen LogP contribution in [0.15, 0.2) is 47.1 Å². The molecule has 0 aliphatic carbocycles. The van der Waals surface area contributed by atoms with Crippen LogP contribution in [-0.4, -0.2) is 47.9 Å². The van der Waals surface area contributed by atoms with Crippen LogP contribution < -0.4 is 16.0 Å². The molecule has 1 spiro atoms. The van der Waals surface area contributed by atoms with Gasteiger partial charge in [-0.2, -0.15) is 0 Å². The summed E-state index contributed by atoms with van der Waals surface area (Å²) < 4.78 is 5.24. The van der Waals surface area contributed by atoms with E-state index in [0.717, 1.165) is 11.4 Å². The predicted molar refractivity (Wildman–Crippen MR) is 106 cm³/mol. The lowest BCUT2D eigenvalue weighted by molar-refractivity contribution is -0.135. The van der Waals surface area contributed by atoms with Gasteiger partial charge in [-0.15, -0.1) is 0 Å². The van der Waals surface area contributed by atoms with E-state index in [1.165, 1.54) is 0 Å². The minimum atomic E-state index is -0.675. The van der Waals surface area contributed by atoms with Crippen LogP contribution in [0, 0.1) is 0 Å². The number of para-hydroxylation sites is 1. The summed E-state index contributed by atoms with van der Waals surface area (Å²) in [6, 6.07) is 11.0. The van der Waals surface area contributed by atoms with Crippen LogP contribution in [0.3, 0.4) is 0 Å². The minimum Gasteiger partial charge on any atom is -0.469 e. The van der Waals surface area contributed by atoms with Crippen LogP contribution in [0.5, 0.6) is 0 Å². The summed E-state index contributed by atoms with van der Waals surface area (Å²) >= 11 is 0. The first-order chi connectivity index (χ1) is 14.0. The Morgan fingerprint density at radius 2 is 2.00 bits per heavy atom. The van der Waals surface area contributed by atoms with Gasteiger partial charge < -0.3 is 25.3 Å². The molecule has 4 rings (SSSR count). The van der Waals surface area contributed by atoms with E-state index in [-0.39, 0.29) is 30.7 Å². The quantitative estimate of drug-likeness (QED) is 0.711. The van der Waals surface area contributed by atoms with E-state index in [4.69, 9.17) is 4.42 Å². The van der Waals surface area contributed by atoms with Crippen molar-refractivity contribution in [3.05, 3.63) is 54.0 Å². The summed E-state index contributed by atoms with van der Waals surface area (Å²) in [6.45, 7) is 0.851. The molecular weight excluding hydrogens is 372 g/mol. The van der Waals surface area contributed by atoms with Crippen molar-refractivity contribution in [3.63, 3.8) is 0 Å². The zero-order valence-corrected chi connectivity index (χ0v) is 16.1. The van der Waals surface area contributed by atoms with Gasteiger partial charge in [0.2, 0.25) is 11.8 Å². The third-order valence-corrected chi connectivity index (χ3v) is 5.43. The Labute approximate surface area is 168 Å². The van der Waals surface area contributed by atoms with Gasteiger partial charge in [-0.25, -0.2) is 0 Å². The summed E-state index contributed by atoms with van der Waals surface area (Å²) in [4.78, 5) is 38.9. The molecule has 1 aromatic carbocycles. The number of anilines is 1. The minimum absolute atomic E-state index is 0.0115. The van der Waals surface area contributed by atoms with Crippen LogP contribution >= 0.6 is 0 Å². The van der Waals surface area contributed by atoms with Gasteiger partial charge in [-0.1, -0.05) is 12.1 Å². The molecule has 1 aromatic heterocycles. The van der Waals surface area contributed by atoms with E-state index in [9.17, 15) is 14.4 Å². The second-order valence-electron chi connectivity index (χ2n) is 7.45. The fourth-order valence-corrected chi connectivity index (χ4v) is 3.84. The first-order valence-corrected chi connectivity index (χ1v) is 9.81. The SMILES string of the molecule is O=C(CN1CCC2(CCC1=O)NC(=O)c1ccccc1N2)NCCc1ccco1. The van der Waals surface area contributed by atoms with Crippen molar-refractivity contribution in [3.8, 4) is 0 Å². The van der Waals surface area contributed by atoms with Crippen LogP contribution in [0.1, 0.15) is 35.4 Å². The van der Waals surface area contributed by atoms with Crippen LogP contribution in [0.2, 0.25) is 0 Å². The van der Waals surface area contributed by atoms with E-state index in [2.05, 4.69) is 16.0 Å². The smallest absolute Gasteiger partial charge is 0.255 e. The Bertz CT molecular complexity index is 911. The molecule has 3 amide bonds. The zero-order valence-electron chi connectivity index (χ0n) is 16.1. The highest BCUT2D eigenvalue weighted by Gasteiger charge is 2.40. The summed E-state index contributed by atoms with van der Waals surface area (Å²) in [6.07, 6.45) is 3.46. The number of hydrogen-bond acceptors (Lipinski definition) is 5. The average Bonchev–Trinajstić information content (AvgIpc) is 3.18. The molecule has 3 N–H and O–H groups in total. The van der Waals surface area contributed by atoms with Crippen LogP contribution in [0.25, 0.3) is 0 Å². The van der Waals surface area contributed by atoms with E-state index >= 15 is 0 Å². The maximum Gasteiger partial charge on any atom is 0.255 e. The van der Waals surface area contributed by atoms with Crippen molar-refractivity contribution < 1.29 is 18.8 Å². The summed E-state index contributed by atoms with van der Waals surface area (Å²) in [5.74, 6) is 0.373. The van der Waals surface area contributed by atoms with Crippen molar-refractivity contribution in [2.24, 2.45) is 0 Å². The number of hydrogen-bond donors (Lipinski definition) is 3. The van der Waals surface area contributed by atoms with Gasteiger partial charge >= 0.3 is 0 Å². The highest BCUT2D eigenvalue weighted by atomic mass is 16.3. The molecule has 152 valence electrons. The average molecular weight is 396 g/mol. The molecule has 3 heterocycles. The van der Waals surface area contributed by atoms with Gasteiger partial charge in [-0.05, 0) is 30.7 Å². The highest BCUT2D eigenvalue weighted by Crippen LogP contribution is 2.31. The number of furan rings is 1. The fraction of sp³-hybridized carbons (Fsp3) is 0.381. The molecule has 1 fully saturated rings. The number of nitrogens with zero attached hydrogens (tertiary/aromatic N) is 1. The molecule has 1 saturated heterocycles. The van der Waals surface area contributed by atoms with Gasteiger partial charge in [0.1, 0.15) is 11.4 Å². The molecule has 0 radical (unpaired) electrons. The summed E-state index contributed by atoms with van der Waals surface area (Å²) in [5.41, 5.74) is 0.695. The number of carbonyl (C=O) groups excluding carboxylic acids is 3. The molecular formula is C21H24N4O4. The number of likely N-dealkylation sites (tertiary alicyclic amines) is 1. The number of fused-ring (bicyclic) bond motifs is 1. The standard InChI is InChI=1S/C21H24N4O4/c26-18(22-11-8-15-4-3-13-29-15)14-25-12-10-21(9-7-19(25)27)23-17-6-2-1-5-16(17)20(28)24-21/h1-6,13,23H,7-12,14H2,(H,22,26)(H,24,28). The van der Waals surface area contributed by atoms with Crippen LogP contribution in [0.4, 0.5) is 5.69 Å². The van der Waals surface area contributed by atoms with Gasteiger partial charge in [0.25, 0.3) is 5.91 Å². The monoisotopic (exact) mass is 396 g/mol. The van der Waals surface area contributed by atoms with Crippen molar-refractivity contribution >= 4 is 23.4 Å². The van der Waals surface area contributed by atoms with Crippen molar-refractivity contribution in [1.29, 1.82) is 0 Å². The summed E-state index contributed by atoms with van der Waals surface area (Å²) in [5, 5.41) is 9.26. The largest absolute Gasteiger partial charge is 0.469 e. The number of benzene rings is 1. The Morgan fingerprint density at radius 3 is 2.83 bits per heavy atom. The first kappa shape index (κ1) is 19.0. The first-order valence-electron chi connectivity index (χ1n) is 9.81. The molecule has 2 aliphatic heterocycles. The van der Waals surface area contributed by atoms with E-state index in [1.807, 2.05) is 24.3 Å². The lowest BCUT2D eigenvalue weighted by Gasteiger charge is -2.39. The molecule has 2 aromatic rings. The Morgan fingerprint density at radius 1 is 1.14 bits per heavy atom. The van der Waals surface area contributed by atoms with Gasteiger partial charge in [-0.3, -0.25) is 14.4 Å². The Kier molecular flexibility index (Phi) is 5.24. The molecule has 29 heavy (non-hydrogen) atoms. The molecule has 2 aliphatic rings. The number of nitrogens with one attached hydrogen (secondary N) is 3. The molecule has 1 unspecified atom stereocenters. The van der Waals surface area contributed by atoms with E-state index in [0.29, 0.717) is 37.9 Å². The molecule has 8 nitrogen and oxygen atoms in total. The van der Waals surface area contributed by atoms with Crippen LogP contribution in [-0.2, 0) is 16.0 Å². The maximum absolute atomic E-state index is 12.6.